The van der Waals surface area contributed by atoms with Crippen molar-refractivity contribution in [1.82, 2.24) is 10.3 Å². The van der Waals surface area contributed by atoms with Crippen LogP contribution in [-0.4, -0.2) is 31.7 Å². The summed E-state index contributed by atoms with van der Waals surface area (Å²) in [6.45, 7) is 8.19. The molecule has 0 amide bonds. The van der Waals surface area contributed by atoms with Crippen molar-refractivity contribution >= 4 is 26.5 Å². The SMILES string of the molecule is Cc1nc(NS(=O)(=O)CCNC(C)C)sc1C. The van der Waals surface area contributed by atoms with Crippen LogP contribution in [0.4, 0.5) is 5.13 Å². The smallest absolute Gasteiger partial charge is 0.235 e. The zero-order valence-corrected chi connectivity index (χ0v) is 12.2. The van der Waals surface area contributed by atoms with Crippen LogP contribution in [0.15, 0.2) is 0 Å². The van der Waals surface area contributed by atoms with Gasteiger partial charge in [0.05, 0.1) is 11.4 Å². The van der Waals surface area contributed by atoms with Gasteiger partial charge in [-0.05, 0) is 13.8 Å². The largest absolute Gasteiger partial charge is 0.313 e. The Morgan fingerprint density at radius 3 is 2.47 bits per heavy atom. The van der Waals surface area contributed by atoms with Gasteiger partial charge in [-0.3, -0.25) is 4.72 Å². The maximum absolute atomic E-state index is 11.7. The van der Waals surface area contributed by atoms with Crippen LogP contribution < -0.4 is 10.0 Å². The molecule has 2 N–H and O–H groups in total. The predicted octanol–water partition coefficient (Wildman–Crippen LogP) is 1.50. The Morgan fingerprint density at radius 2 is 2.00 bits per heavy atom. The fraction of sp³-hybridized carbons (Fsp3) is 0.700. The van der Waals surface area contributed by atoms with Gasteiger partial charge in [0.15, 0.2) is 5.13 Å². The fourth-order valence-electron chi connectivity index (χ4n) is 1.18. The molecule has 0 bridgehead atoms. The van der Waals surface area contributed by atoms with E-state index in [0.717, 1.165) is 10.6 Å². The lowest BCUT2D eigenvalue weighted by molar-refractivity contribution is 0.582. The van der Waals surface area contributed by atoms with Crippen molar-refractivity contribution in [2.75, 3.05) is 17.0 Å². The first-order valence-electron chi connectivity index (χ1n) is 5.48. The summed E-state index contributed by atoms with van der Waals surface area (Å²) >= 11 is 1.36. The molecule has 0 aliphatic carbocycles. The molecular weight excluding hydrogens is 258 g/mol. The minimum absolute atomic E-state index is 0.0584. The Kier molecular flexibility index (Phi) is 4.91. The average Bonchev–Trinajstić information content (AvgIpc) is 2.43. The maximum atomic E-state index is 11.7. The third-order valence-electron chi connectivity index (χ3n) is 2.19. The van der Waals surface area contributed by atoms with Crippen LogP contribution in [-0.2, 0) is 10.0 Å². The van der Waals surface area contributed by atoms with E-state index in [1.165, 1.54) is 11.3 Å². The summed E-state index contributed by atoms with van der Waals surface area (Å²) in [6.07, 6.45) is 0. The molecule has 98 valence electrons. The molecule has 1 heterocycles. The third kappa shape index (κ3) is 5.01. The molecule has 1 rings (SSSR count). The van der Waals surface area contributed by atoms with E-state index < -0.39 is 10.0 Å². The number of rotatable bonds is 6. The molecular formula is C10H19N3O2S2. The minimum Gasteiger partial charge on any atom is -0.313 e. The molecule has 1 aromatic rings. The van der Waals surface area contributed by atoms with Crippen LogP contribution >= 0.6 is 11.3 Å². The summed E-state index contributed by atoms with van der Waals surface area (Å²) in [5.74, 6) is 0.0584. The zero-order valence-electron chi connectivity index (χ0n) is 10.6. The molecule has 17 heavy (non-hydrogen) atoms. The minimum atomic E-state index is -3.30. The first-order valence-corrected chi connectivity index (χ1v) is 7.95. The van der Waals surface area contributed by atoms with E-state index in [4.69, 9.17) is 0 Å². The standard InChI is InChI=1S/C10H19N3O2S2/c1-7(2)11-5-6-17(14,15)13-10-12-8(3)9(4)16-10/h7,11H,5-6H2,1-4H3,(H,12,13). The molecule has 0 unspecified atom stereocenters. The lowest BCUT2D eigenvalue weighted by Gasteiger charge is -2.08. The Morgan fingerprint density at radius 1 is 1.35 bits per heavy atom. The molecule has 0 atom stereocenters. The lowest BCUT2D eigenvalue weighted by Crippen LogP contribution is -2.30. The van der Waals surface area contributed by atoms with Crippen LogP contribution in [0.3, 0.4) is 0 Å². The van der Waals surface area contributed by atoms with Gasteiger partial charge >= 0.3 is 0 Å². The molecule has 0 aliphatic rings. The fourth-order valence-corrected chi connectivity index (χ4v) is 3.20. The van der Waals surface area contributed by atoms with Gasteiger partial charge in [-0.15, -0.1) is 11.3 Å². The Bertz CT molecular complexity index is 446. The molecule has 0 spiro atoms. The van der Waals surface area contributed by atoms with Crippen molar-refractivity contribution in [3.05, 3.63) is 10.6 Å². The highest BCUT2D eigenvalue weighted by Crippen LogP contribution is 2.21. The molecule has 0 aliphatic heterocycles. The molecule has 0 aromatic carbocycles. The van der Waals surface area contributed by atoms with Crippen molar-refractivity contribution in [2.24, 2.45) is 0 Å². The highest BCUT2D eigenvalue weighted by atomic mass is 32.2. The number of hydrogen-bond donors (Lipinski definition) is 2. The van der Waals surface area contributed by atoms with Crippen molar-refractivity contribution in [2.45, 2.75) is 33.7 Å². The van der Waals surface area contributed by atoms with Crippen LogP contribution in [0.1, 0.15) is 24.4 Å². The third-order valence-corrected chi connectivity index (χ3v) is 4.56. The zero-order chi connectivity index (χ0) is 13.1. The molecule has 0 radical (unpaired) electrons. The summed E-state index contributed by atoms with van der Waals surface area (Å²) in [5, 5.41) is 3.52. The second-order valence-corrected chi connectivity index (χ2v) is 7.24. The van der Waals surface area contributed by atoms with E-state index >= 15 is 0 Å². The number of nitrogens with zero attached hydrogens (tertiary/aromatic N) is 1. The summed E-state index contributed by atoms with van der Waals surface area (Å²) in [6, 6.07) is 0.287. The van der Waals surface area contributed by atoms with E-state index in [-0.39, 0.29) is 11.8 Å². The Hall–Kier alpha value is -0.660. The number of thiazole rings is 1. The summed E-state index contributed by atoms with van der Waals surface area (Å²) < 4.78 is 25.9. The number of aromatic nitrogens is 1. The van der Waals surface area contributed by atoms with Gasteiger partial charge < -0.3 is 5.32 Å². The number of hydrogen-bond acceptors (Lipinski definition) is 5. The Labute approximate surface area is 107 Å². The van der Waals surface area contributed by atoms with Crippen LogP contribution in [0, 0.1) is 13.8 Å². The van der Waals surface area contributed by atoms with E-state index in [0.29, 0.717) is 11.7 Å². The summed E-state index contributed by atoms with van der Waals surface area (Å²) in [7, 11) is -3.30. The van der Waals surface area contributed by atoms with Gasteiger partial charge in [-0.2, -0.15) is 0 Å². The van der Waals surface area contributed by atoms with Gasteiger partial charge in [0.25, 0.3) is 0 Å². The monoisotopic (exact) mass is 277 g/mol. The highest BCUT2D eigenvalue weighted by Gasteiger charge is 2.13. The second-order valence-electron chi connectivity index (χ2n) is 4.19. The lowest BCUT2D eigenvalue weighted by atomic mass is 10.4. The second kappa shape index (κ2) is 5.79. The predicted molar refractivity (Wildman–Crippen MR) is 72.1 cm³/mol. The van der Waals surface area contributed by atoms with E-state index in [1.807, 2.05) is 27.7 Å². The molecule has 5 nitrogen and oxygen atoms in total. The van der Waals surface area contributed by atoms with Gasteiger partial charge in [-0.25, -0.2) is 13.4 Å². The van der Waals surface area contributed by atoms with E-state index in [9.17, 15) is 8.42 Å². The van der Waals surface area contributed by atoms with Crippen LogP contribution in [0.5, 0.6) is 0 Å². The van der Waals surface area contributed by atoms with Crippen LogP contribution in [0.2, 0.25) is 0 Å². The Balaban J connectivity index is 2.54. The van der Waals surface area contributed by atoms with Crippen molar-refractivity contribution in [1.29, 1.82) is 0 Å². The highest BCUT2D eigenvalue weighted by molar-refractivity contribution is 7.92. The van der Waals surface area contributed by atoms with Crippen molar-refractivity contribution < 1.29 is 8.42 Å². The summed E-state index contributed by atoms with van der Waals surface area (Å²) in [5.41, 5.74) is 0.869. The quantitative estimate of drug-likeness (QED) is 0.826. The van der Waals surface area contributed by atoms with Crippen molar-refractivity contribution in [3.63, 3.8) is 0 Å². The topological polar surface area (TPSA) is 71.1 Å². The molecule has 7 heteroatoms. The molecule has 0 saturated heterocycles. The van der Waals surface area contributed by atoms with E-state index in [2.05, 4.69) is 15.0 Å². The summed E-state index contributed by atoms with van der Waals surface area (Å²) in [4.78, 5) is 5.18. The molecule has 0 saturated carbocycles. The van der Waals surface area contributed by atoms with Gasteiger partial charge in [0.2, 0.25) is 10.0 Å². The van der Waals surface area contributed by atoms with Gasteiger partial charge in [-0.1, -0.05) is 13.8 Å². The average molecular weight is 277 g/mol. The van der Waals surface area contributed by atoms with Crippen molar-refractivity contribution in [3.8, 4) is 0 Å². The normalized spacial score (nSPS) is 12.1. The number of aryl methyl sites for hydroxylation is 2. The first-order chi connectivity index (χ1) is 7.80. The van der Waals surface area contributed by atoms with Gasteiger partial charge in [0, 0.05) is 17.5 Å². The molecule has 1 aromatic heterocycles. The number of sulfonamides is 1. The first kappa shape index (κ1) is 14.4. The maximum Gasteiger partial charge on any atom is 0.235 e. The van der Waals surface area contributed by atoms with E-state index in [1.54, 1.807) is 0 Å². The van der Waals surface area contributed by atoms with Crippen LogP contribution in [0.25, 0.3) is 0 Å². The van der Waals surface area contributed by atoms with Gasteiger partial charge in [0.1, 0.15) is 0 Å². The number of nitrogens with one attached hydrogen (secondary N) is 2. The molecule has 0 fully saturated rings. The number of anilines is 1.